The van der Waals surface area contributed by atoms with Crippen LogP contribution in [0, 0.1) is 0 Å². The number of carbonyl (C=O) groups excluding carboxylic acids is 1. The molecule has 1 aromatic carbocycles. The van der Waals surface area contributed by atoms with Gasteiger partial charge in [0.15, 0.2) is 5.78 Å². The van der Waals surface area contributed by atoms with E-state index in [4.69, 9.17) is 5.11 Å². The molecular weight excluding hydrogens is 216 g/mol. The third kappa shape index (κ3) is 3.87. The molecule has 0 radical (unpaired) electrons. The van der Waals surface area contributed by atoms with Crippen molar-refractivity contribution >= 4 is 11.8 Å². The van der Waals surface area contributed by atoms with Gasteiger partial charge in [-0.25, -0.2) is 4.79 Å². The third-order valence-corrected chi connectivity index (χ3v) is 2.41. The molecule has 0 aliphatic heterocycles. The fourth-order valence-corrected chi connectivity index (χ4v) is 1.38. The van der Waals surface area contributed by atoms with E-state index >= 15 is 0 Å². The number of ketones is 1. The molecule has 0 atom stereocenters. The lowest BCUT2D eigenvalue weighted by molar-refractivity contribution is -0.131. The molecule has 0 aliphatic carbocycles. The summed E-state index contributed by atoms with van der Waals surface area (Å²) in [7, 11) is 0. The Morgan fingerprint density at radius 3 is 2.00 bits per heavy atom. The molecule has 0 fully saturated rings. The number of hydrogen-bond acceptors (Lipinski definition) is 2. The summed E-state index contributed by atoms with van der Waals surface area (Å²) >= 11 is 0. The van der Waals surface area contributed by atoms with E-state index in [1.54, 1.807) is 12.1 Å². The van der Waals surface area contributed by atoms with E-state index in [0.717, 1.165) is 17.7 Å². The molecule has 0 aromatic heterocycles. The van der Waals surface area contributed by atoms with Crippen molar-refractivity contribution in [2.45, 2.75) is 26.2 Å². The Hall–Kier alpha value is -1.90. The van der Waals surface area contributed by atoms with Crippen LogP contribution in [-0.2, 0) is 10.2 Å². The van der Waals surface area contributed by atoms with E-state index in [9.17, 15) is 9.59 Å². The van der Waals surface area contributed by atoms with Crippen molar-refractivity contribution in [1.82, 2.24) is 0 Å². The summed E-state index contributed by atoms with van der Waals surface area (Å²) in [5, 5.41) is 8.42. The van der Waals surface area contributed by atoms with Crippen LogP contribution >= 0.6 is 0 Å². The van der Waals surface area contributed by atoms with E-state index < -0.39 is 5.97 Å². The minimum absolute atomic E-state index is 0.0402. The predicted molar refractivity (Wildman–Crippen MR) is 66.2 cm³/mol. The van der Waals surface area contributed by atoms with E-state index in [-0.39, 0.29) is 11.2 Å². The molecule has 0 bridgehead atoms. The molecule has 3 nitrogen and oxygen atoms in total. The first-order valence-electron chi connectivity index (χ1n) is 5.36. The zero-order valence-corrected chi connectivity index (χ0v) is 10.2. The van der Waals surface area contributed by atoms with Gasteiger partial charge in [-0.1, -0.05) is 45.0 Å². The Morgan fingerprint density at radius 1 is 1.06 bits per heavy atom. The lowest BCUT2D eigenvalue weighted by Gasteiger charge is -2.18. The summed E-state index contributed by atoms with van der Waals surface area (Å²) in [6, 6.07) is 7.22. The summed E-state index contributed by atoms with van der Waals surface area (Å²) in [6.45, 7) is 6.27. The van der Waals surface area contributed by atoms with Gasteiger partial charge in [0.25, 0.3) is 0 Å². The smallest absolute Gasteiger partial charge is 0.328 e. The molecule has 17 heavy (non-hydrogen) atoms. The van der Waals surface area contributed by atoms with Gasteiger partial charge in [0, 0.05) is 11.6 Å². The molecule has 3 heteroatoms. The number of carboxylic acid groups (broad SMARTS) is 1. The van der Waals surface area contributed by atoms with Gasteiger partial charge in [-0.05, 0) is 17.1 Å². The molecule has 1 N–H and O–H groups in total. The van der Waals surface area contributed by atoms with Crippen LogP contribution in [0.25, 0.3) is 0 Å². The summed E-state index contributed by atoms with van der Waals surface area (Å²) in [5.41, 5.74) is 1.67. The zero-order valence-electron chi connectivity index (χ0n) is 10.2. The van der Waals surface area contributed by atoms with Gasteiger partial charge in [0.1, 0.15) is 0 Å². The second-order valence-corrected chi connectivity index (χ2v) is 4.86. The SMILES string of the molecule is CC(C)(C)c1ccc(C(=O)/C=C\C(=O)O)cc1. The number of hydrogen-bond donors (Lipinski definition) is 1. The van der Waals surface area contributed by atoms with Gasteiger partial charge in [0.2, 0.25) is 0 Å². The first kappa shape index (κ1) is 13.2. The van der Waals surface area contributed by atoms with Crippen LogP contribution in [0.1, 0.15) is 36.7 Å². The predicted octanol–water partition coefficient (Wildman–Crippen LogP) is 2.81. The molecular formula is C14H16O3. The lowest BCUT2D eigenvalue weighted by atomic mass is 9.86. The normalized spacial score (nSPS) is 11.7. The topological polar surface area (TPSA) is 54.4 Å². The van der Waals surface area contributed by atoms with Crippen LogP contribution in [0.4, 0.5) is 0 Å². The van der Waals surface area contributed by atoms with Gasteiger partial charge in [-0.15, -0.1) is 0 Å². The summed E-state index contributed by atoms with van der Waals surface area (Å²) in [5.74, 6) is -1.42. The zero-order chi connectivity index (χ0) is 13.1. The van der Waals surface area contributed by atoms with E-state index in [1.807, 2.05) is 12.1 Å². The summed E-state index contributed by atoms with van der Waals surface area (Å²) in [4.78, 5) is 21.8. The van der Waals surface area contributed by atoms with Crippen LogP contribution in [0.5, 0.6) is 0 Å². The quantitative estimate of drug-likeness (QED) is 0.644. The summed E-state index contributed by atoms with van der Waals surface area (Å²) < 4.78 is 0. The second kappa shape index (κ2) is 4.95. The maximum atomic E-state index is 11.6. The average molecular weight is 232 g/mol. The maximum absolute atomic E-state index is 11.6. The van der Waals surface area contributed by atoms with Crippen LogP contribution in [-0.4, -0.2) is 16.9 Å². The minimum atomic E-state index is -1.12. The van der Waals surface area contributed by atoms with Crippen LogP contribution in [0.3, 0.4) is 0 Å². The van der Waals surface area contributed by atoms with Crippen molar-refractivity contribution in [3.05, 3.63) is 47.5 Å². The molecule has 0 spiro atoms. The first-order valence-corrected chi connectivity index (χ1v) is 5.36. The van der Waals surface area contributed by atoms with Crippen molar-refractivity contribution in [2.24, 2.45) is 0 Å². The maximum Gasteiger partial charge on any atom is 0.328 e. The van der Waals surface area contributed by atoms with Crippen molar-refractivity contribution < 1.29 is 14.7 Å². The van der Waals surface area contributed by atoms with Crippen molar-refractivity contribution in [3.8, 4) is 0 Å². The van der Waals surface area contributed by atoms with E-state index in [2.05, 4.69) is 20.8 Å². The van der Waals surface area contributed by atoms with Crippen molar-refractivity contribution in [2.75, 3.05) is 0 Å². The van der Waals surface area contributed by atoms with Gasteiger partial charge >= 0.3 is 5.97 Å². The van der Waals surface area contributed by atoms with Crippen LogP contribution < -0.4 is 0 Å². The second-order valence-electron chi connectivity index (χ2n) is 4.86. The van der Waals surface area contributed by atoms with Crippen LogP contribution in [0.15, 0.2) is 36.4 Å². The largest absolute Gasteiger partial charge is 0.478 e. The monoisotopic (exact) mass is 232 g/mol. The molecule has 1 rings (SSSR count). The molecule has 0 amide bonds. The molecule has 0 saturated carbocycles. The third-order valence-electron chi connectivity index (χ3n) is 2.41. The van der Waals surface area contributed by atoms with Gasteiger partial charge in [0.05, 0.1) is 0 Å². The van der Waals surface area contributed by atoms with E-state index in [0.29, 0.717) is 5.56 Å². The fourth-order valence-electron chi connectivity index (χ4n) is 1.38. The van der Waals surface area contributed by atoms with Gasteiger partial charge in [-0.3, -0.25) is 4.79 Å². The number of carbonyl (C=O) groups is 2. The average Bonchev–Trinajstić information content (AvgIpc) is 2.25. The highest BCUT2D eigenvalue weighted by molar-refractivity contribution is 6.06. The number of allylic oxidation sites excluding steroid dienone is 1. The Kier molecular flexibility index (Phi) is 3.84. The number of benzene rings is 1. The molecule has 0 aliphatic rings. The van der Waals surface area contributed by atoms with Crippen molar-refractivity contribution in [3.63, 3.8) is 0 Å². The van der Waals surface area contributed by atoms with Crippen LogP contribution in [0.2, 0.25) is 0 Å². The molecule has 1 aromatic rings. The minimum Gasteiger partial charge on any atom is -0.478 e. The number of carboxylic acids is 1. The highest BCUT2D eigenvalue weighted by atomic mass is 16.4. The van der Waals surface area contributed by atoms with Crippen molar-refractivity contribution in [1.29, 1.82) is 0 Å². The molecule has 0 saturated heterocycles. The lowest BCUT2D eigenvalue weighted by Crippen LogP contribution is -2.11. The molecule has 90 valence electrons. The Balaban J connectivity index is 2.88. The number of rotatable bonds is 3. The highest BCUT2D eigenvalue weighted by Crippen LogP contribution is 2.22. The summed E-state index contributed by atoms with van der Waals surface area (Å²) in [6.07, 6.45) is 1.91. The Labute approximate surface area is 101 Å². The van der Waals surface area contributed by atoms with Gasteiger partial charge < -0.3 is 5.11 Å². The Morgan fingerprint density at radius 2 is 1.59 bits per heavy atom. The highest BCUT2D eigenvalue weighted by Gasteiger charge is 2.13. The fraction of sp³-hybridized carbons (Fsp3) is 0.286. The standard InChI is InChI=1S/C14H16O3/c1-14(2,3)11-6-4-10(5-7-11)12(15)8-9-13(16)17/h4-9H,1-3H3,(H,16,17)/b9-8-. The van der Waals surface area contributed by atoms with Gasteiger partial charge in [-0.2, -0.15) is 0 Å². The molecule has 0 heterocycles. The number of aliphatic carboxylic acids is 1. The first-order chi connectivity index (χ1) is 7.80. The van der Waals surface area contributed by atoms with E-state index in [1.165, 1.54) is 0 Å². The Bertz CT molecular complexity index is 447. The molecule has 0 unspecified atom stereocenters.